The molecule has 0 saturated heterocycles. The third kappa shape index (κ3) is 4.08. The van der Waals surface area contributed by atoms with E-state index in [4.69, 9.17) is 0 Å². The Labute approximate surface area is 156 Å². The molecule has 0 unspecified atom stereocenters. The summed E-state index contributed by atoms with van der Waals surface area (Å²) in [7, 11) is -4.29. The van der Waals surface area contributed by atoms with Gasteiger partial charge in [-0.25, -0.2) is 17.2 Å². The number of sulfonamides is 1. The Bertz CT molecular complexity index is 1040. The van der Waals surface area contributed by atoms with Crippen LogP contribution in [0.4, 0.5) is 27.6 Å². The van der Waals surface area contributed by atoms with Gasteiger partial charge in [0.1, 0.15) is 11.6 Å². The average molecular weight is 420 g/mol. The number of hydrogen-bond donors (Lipinski definition) is 1. The van der Waals surface area contributed by atoms with Crippen molar-refractivity contribution in [1.82, 2.24) is 4.90 Å². The molecule has 0 radical (unpaired) electrons. The Morgan fingerprint density at radius 3 is 2.39 bits per heavy atom. The number of carbonyl (C=O) groups is 1. The van der Waals surface area contributed by atoms with E-state index in [2.05, 4.69) is 0 Å². The lowest BCUT2D eigenvalue weighted by molar-refractivity contribution is -0.186. The first-order chi connectivity index (χ1) is 13.0. The topological polar surface area (TPSA) is 66.5 Å². The molecule has 0 saturated carbocycles. The molecule has 1 heterocycles. The van der Waals surface area contributed by atoms with Crippen LogP contribution in [0.1, 0.15) is 11.1 Å². The lowest BCUT2D eigenvalue weighted by Gasteiger charge is -2.29. The van der Waals surface area contributed by atoms with Crippen molar-refractivity contribution < 1.29 is 35.2 Å². The predicted octanol–water partition coefficient (Wildman–Crippen LogP) is 3.21. The van der Waals surface area contributed by atoms with Crippen molar-refractivity contribution in [2.24, 2.45) is 0 Å². The second kappa shape index (κ2) is 7.04. The van der Waals surface area contributed by atoms with Gasteiger partial charge in [0.15, 0.2) is 0 Å². The van der Waals surface area contributed by atoms with Crippen molar-refractivity contribution >= 4 is 21.6 Å². The molecule has 0 atom stereocenters. The number of rotatable bonds is 3. The van der Waals surface area contributed by atoms with Crippen molar-refractivity contribution in [3.05, 3.63) is 59.2 Å². The standard InChI is InChI=1S/C17H13F5N2O3S/c18-12-2-4-15(14(19)8-12)23-28(26,27)13-3-1-10-5-6-24(9-11(10)7-13)16(25)17(20,21)22/h1-4,7-8,23H,5-6,9H2. The monoisotopic (exact) mass is 420 g/mol. The molecular weight excluding hydrogens is 407 g/mol. The molecule has 1 amide bonds. The van der Waals surface area contributed by atoms with Crippen molar-refractivity contribution in [3.8, 4) is 0 Å². The molecule has 0 fully saturated rings. The number of amides is 1. The van der Waals surface area contributed by atoms with Gasteiger partial charge in [-0.2, -0.15) is 13.2 Å². The zero-order valence-corrected chi connectivity index (χ0v) is 14.9. The van der Waals surface area contributed by atoms with E-state index < -0.39 is 46.0 Å². The van der Waals surface area contributed by atoms with Crippen molar-refractivity contribution in [2.45, 2.75) is 24.0 Å². The van der Waals surface area contributed by atoms with E-state index in [-0.39, 0.29) is 23.4 Å². The maximum absolute atomic E-state index is 13.7. The van der Waals surface area contributed by atoms with Gasteiger partial charge >= 0.3 is 12.1 Å². The zero-order chi connectivity index (χ0) is 20.7. The largest absolute Gasteiger partial charge is 0.471 e. The summed E-state index contributed by atoms with van der Waals surface area (Å²) in [6.45, 7) is -0.543. The Hall–Kier alpha value is -2.69. The van der Waals surface area contributed by atoms with Gasteiger partial charge in [-0.3, -0.25) is 9.52 Å². The van der Waals surface area contributed by atoms with Crippen LogP contribution in [0.2, 0.25) is 0 Å². The minimum absolute atomic E-state index is 0.136. The highest BCUT2D eigenvalue weighted by molar-refractivity contribution is 7.92. The molecular formula is C17H13F5N2O3S. The first-order valence-electron chi connectivity index (χ1n) is 7.93. The number of nitrogens with one attached hydrogen (secondary N) is 1. The first-order valence-corrected chi connectivity index (χ1v) is 9.41. The summed E-state index contributed by atoms with van der Waals surface area (Å²) in [5.41, 5.74) is 0.373. The quantitative estimate of drug-likeness (QED) is 0.776. The van der Waals surface area contributed by atoms with Gasteiger partial charge in [0.25, 0.3) is 10.0 Å². The Kier molecular flexibility index (Phi) is 5.04. The van der Waals surface area contributed by atoms with Gasteiger partial charge in [0.2, 0.25) is 0 Å². The number of benzene rings is 2. The van der Waals surface area contributed by atoms with Gasteiger partial charge in [-0.05, 0) is 41.8 Å². The van der Waals surface area contributed by atoms with E-state index in [0.29, 0.717) is 16.5 Å². The molecule has 1 aliphatic heterocycles. The highest BCUT2D eigenvalue weighted by atomic mass is 32.2. The van der Waals surface area contributed by atoms with Crippen LogP contribution in [-0.2, 0) is 27.8 Å². The van der Waals surface area contributed by atoms with Crippen LogP contribution >= 0.6 is 0 Å². The number of hydrogen-bond acceptors (Lipinski definition) is 3. The smallest absolute Gasteiger partial charge is 0.330 e. The van der Waals surface area contributed by atoms with Crippen LogP contribution in [-0.4, -0.2) is 31.9 Å². The maximum atomic E-state index is 13.7. The Morgan fingerprint density at radius 1 is 1.04 bits per heavy atom. The first kappa shape index (κ1) is 20.1. The molecule has 3 rings (SSSR count). The molecule has 1 aliphatic rings. The van der Waals surface area contributed by atoms with E-state index in [1.807, 2.05) is 4.72 Å². The molecule has 0 bridgehead atoms. The molecule has 0 aromatic heterocycles. The molecule has 0 spiro atoms. The van der Waals surface area contributed by atoms with Crippen LogP contribution in [0.5, 0.6) is 0 Å². The number of nitrogens with zero attached hydrogens (tertiary/aromatic N) is 1. The van der Waals surface area contributed by atoms with Gasteiger partial charge in [0, 0.05) is 19.2 Å². The van der Waals surface area contributed by atoms with E-state index in [0.717, 1.165) is 18.2 Å². The summed E-state index contributed by atoms with van der Waals surface area (Å²) in [5.74, 6) is -4.01. The predicted molar refractivity (Wildman–Crippen MR) is 88.8 cm³/mol. The summed E-state index contributed by atoms with van der Waals surface area (Å²) in [6.07, 6.45) is -4.89. The fourth-order valence-electron chi connectivity index (χ4n) is 2.83. The number of fused-ring (bicyclic) bond motifs is 1. The van der Waals surface area contributed by atoms with E-state index in [1.165, 1.54) is 12.1 Å². The van der Waals surface area contributed by atoms with Crippen LogP contribution in [0.25, 0.3) is 0 Å². The van der Waals surface area contributed by atoms with E-state index in [1.54, 1.807) is 0 Å². The van der Waals surface area contributed by atoms with Crippen LogP contribution < -0.4 is 4.72 Å². The second-order valence-electron chi connectivity index (χ2n) is 6.13. The zero-order valence-electron chi connectivity index (χ0n) is 14.1. The van der Waals surface area contributed by atoms with Crippen molar-refractivity contribution in [3.63, 3.8) is 0 Å². The van der Waals surface area contributed by atoms with Gasteiger partial charge in [0.05, 0.1) is 10.6 Å². The van der Waals surface area contributed by atoms with Crippen LogP contribution in [0, 0.1) is 11.6 Å². The Balaban J connectivity index is 1.87. The van der Waals surface area contributed by atoms with Gasteiger partial charge in [-0.15, -0.1) is 0 Å². The highest BCUT2D eigenvalue weighted by Gasteiger charge is 2.43. The SMILES string of the molecule is O=C(N1CCc2ccc(S(=O)(=O)Nc3ccc(F)cc3F)cc2C1)C(F)(F)F. The summed E-state index contributed by atoms with van der Waals surface area (Å²) >= 11 is 0. The summed E-state index contributed by atoms with van der Waals surface area (Å²) < 4.78 is 91.4. The molecule has 150 valence electrons. The third-order valence-corrected chi connectivity index (χ3v) is 5.57. The maximum Gasteiger partial charge on any atom is 0.471 e. The molecule has 11 heteroatoms. The van der Waals surface area contributed by atoms with Gasteiger partial charge in [-0.1, -0.05) is 6.07 Å². The number of alkyl halides is 3. The molecule has 0 aliphatic carbocycles. The number of halogens is 5. The summed E-state index contributed by atoms with van der Waals surface area (Å²) in [4.78, 5) is 11.7. The van der Waals surface area contributed by atoms with E-state index >= 15 is 0 Å². The van der Waals surface area contributed by atoms with Gasteiger partial charge < -0.3 is 4.90 Å². The average Bonchev–Trinajstić information content (AvgIpc) is 2.61. The number of anilines is 1. The van der Waals surface area contributed by atoms with Crippen molar-refractivity contribution in [2.75, 3.05) is 11.3 Å². The van der Waals surface area contributed by atoms with Crippen LogP contribution in [0.3, 0.4) is 0 Å². The Morgan fingerprint density at radius 2 is 1.75 bits per heavy atom. The molecule has 28 heavy (non-hydrogen) atoms. The minimum Gasteiger partial charge on any atom is -0.330 e. The number of carbonyl (C=O) groups excluding carboxylic acids is 1. The molecule has 2 aromatic rings. The van der Waals surface area contributed by atoms with Crippen molar-refractivity contribution in [1.29, 1.82) is 0 Å². The fraction of sp³-hybridized carbons (Fsp3) is 0.235. The lowest BCUT2D eigenvalue weighted by atomic mass is 10.00. The minimum atomic E-state index is -5.02. The highest BCUT2D eigenvalue weighted by Crippen LogP contribution is 2.27. The summed E-state index contributed by atoms with van der Waals surface area (Å²) in [5, 5.41) is 0. The molecule has 5 nitrogen and oxygen atoms in total. The fourth-order valence-corrected chi connectivity index (χ4v) is 3.95. The molecule has 1 N–H and O–H groups in total. The molecule has 2 aromatic carbocycles. The lowest BCUT2D eigenvalue weighted by Crippen LogP contribution is -2.43. The summed E-state index contributed by atoms with van der Waals surface area (Å²) in [6, 6.07) is 6.07. The normalized spacial score (nSPS) is 14.5. The third-order valence-electron chi connectivity index (χ3n) is 4.21. The second-order valence-corrected chi connectivity index (χ2v) is 7.82. The van der Waals surface area contributed by atoms with E-state index in [9.17, 15) is 35.2 Å². The van der Waals surface area contributed by atoms with Crippen LogP contribution in [0.15, 0.2) is 41.3 Å².